The molecule has 0 N–H and O–H groups in total. The quantitative estimate of drug-likeness (QED) is 0.460. The molecule has 0 atom stereocenters. The highest BCUT2D eigenvalue weighted by Crippen LogP contribution is 2.34. The van der Waals surface area contributed by atoms with Crippen LogP contribution >= 0.6 is 0 Å². The monoisotopic (exact) mass is 478 g/mol. The molecule has 1 amide bonds. The Morgan fingerprint density at radius 2 is 1.89 bits per heavy atom. The molecule has 0 aliphatic carbocycles. The van der Waals surface area contributed by atoms with Crippen LogP contribution in [0.2, 0.25) is 0 Å². The van der Waals surface area contributed by atoms with Crippen LogP contribution in [0.15, 0.2) is 47.4 Å². The van der Waals surface area contributed by atoms with Crippen LogP contribution in [-0.4, -0.2) is 67.4 Å². The lowest BCUT2D eigenvalue weighted by Crippen LogP contribution is -2.40. The van der Waals surface area contributed by atoms with E-state index < -0.39 is 0 Å². The molecule has 4 heterocycles. The van der Waals surface area contributed by atoms with Gasteiger partial charge in [-0.3, -0.25) is 14.6 Å². The third-order valence-electron chi connectivity index (χ3n) is 6.84. The Morgan fingerprint density at radius 3 is 2.66 bits per heavy atom. The highest BCUT2D eigenvalue weighted by Gasteiger charge is 2.23. The number of pyridine rings is 2. The summed E-state index contributed by atoms with van der Waals surface area (Å²) in [5.41, 5.74) is 2.35. The molecule has 1 saturated heterocycles. The van der Waals surface area contributed by atoms with Gasteiger partial charge in [0.1, 0.15) is 19.0 Å². The normalized spacial score (nSPS) is 16.3. The fraction of sp³-hybridized carbons (Fsp3) is 0.423. The standard InChI is InChI=1S/C26H30N4O5/c1-33-21-15-23-22(27-16-21)3-5-26(32)30(23)11-10-28-8-6-19(7-9-28)17-29(18-31)20-2-4-24-25(14-20)35-13-12-34-24/h2-5,14-16,18-19H,6-13,17H2,1H3. The molecule has 0 bridgehead atoms. The zero-order valence-electron chi connectivity index (χ0n) is 19.9. The predicted octanol–water partition coefficient (Wildman–Crippen LogP) is 2.55. The number of carbonyl (C=O) groups is 1. The number of carbonyl (C=O) groups excluding carboxylic acids is 1. The molecule has 35 heavy (non-hydrogen) atoms. The summed E-state index contributed by atoms with van der Waals surface area (Å²) in [7, 11) is 1.60. The maximum atomic E-state index is 12.6. The molecular weight excluding hydrogens is 448 g/mol. The molecular formula is C26H30N4O5. The van der Waals surface area contributed by atoms with E-state index in [1.165, 1.54) is 0 Å². The number of nitrogens with zero attached hydrogens (tertiary/aromatic N) is 4. The van der Waals surface area contributed by atoms with E-state index in [4.69, 9.17) is 14.2 Å². The summed E-state index contributed by atoms with van der Waals surface area (Å²) in [5.74, 6) is 2.46. The van der Waals surface area contributed by atoms with Gasteiger partial charge in [-0.05, 0) is 50.0 Å². The number of likely N-dealkylation sites (tertiary alicyclic amines) is 1. The van der Waals surface area contributed by atoms with Crippen molar-refractivity contribution in [3.63, 3.8) is 0 Å². The van der Waals surface area contributed by atoms with E-state index in [9.17, 15) is 9.59 Å². The molecule has 2 aliphatic rings. The number of aromatic nitrogens is 2. The molecule has 184 valence electrons. The molecule has 0 radical (unpaired) electrons. The zero-order chi connectivity index (χ0) is 24.2. The third kappa shape index (κ3) is 5.09. The second-order valence-corrected chi connectivity index (χ2v) is 8.97. The molecule has 2 aromatic heterocycles. The van der Waals surface area contributed by atoms with Crippen LogP contribution in [0.4, 0.5) is 5.69 Å². The van der Waals surface area contributed by atoms with Crippen LogP contribution in [0.3, 0.4) is 0 Å². The second kappa shape index (κ2) is 10.4. The Balaban J connectivity index is 1.18. The van der Waals surface area contributed by atoms with Crippen LogP contribution < -0.4 is 24.7 Å². The molecule has 3 aromatic rings. The molecule has 0 saturated carbocycles. The Labute approximate surface area is 203 Å². The minimum atomic E-state index is -0.0384. The van der Waals surface area contributed by atoms with Gasteiger partial charge in [-0.25, -0.2) is 0 Å². The number of anilines is 1. The van der Waals surface area contributed by atoms with Gasteiger partial charge in [-0.2, -0.15) is 0 Å². The van der Waals surface area contributed by atoms with E-state index in [-0.39, 0.29) is 5.56 Å². The van der Waals surface area contributed by atoms with Crippen molar-refractivity contribution >= 4 is 23.1 Å². The van der Waals surface area contributed by atoms with Crippen molar-refractivity contribution in [2.45, 2.75) is 19.4 Å². The van der Waals surface area contributed by atoms with Crippen LogP contribution in [0, 0.1) is 5.92 Å². The molecule has 1 aromatic carbocycles. The Hall–Kier alpha value is -3.59. The van der Waals surface area contributed by atoms with Crippen LogP contribution in [0.25, 0.3) is 11.0 Å². The number of fused-ring (bicyclic) bond motifs is 2. The minimum absolute atomic E-state index is 0.0384. The van der Waals surface area contributed by atoms with Crippen molar-refractivity contribution in [3.05, 3.63) is 52.9 Å². The van der Waals surface area contributed by atoms with Gasteiger partial charge in [-0.15, -0.1) is 0 Å². The zero-order valence-corrected chi connectivity index (χ0v) is 19.9. The maximum absolute atomic E-state index is 12.6. The predicted molar refractivity (Wildman–Crippen MR) is 133 cm³/mol. The van der Waals surface area contributed by atoms with Gasteiger partial charge < -0.3 is 28.6 Å². The number of benzene rings is 1. The summed E-state index contributed by atoms with van der Waals surface area (Å²) < 4.78 is 18.3. The summed E-state index contributed by atoms with van der Waals surface area (Å²) >= 11 is 0. The first-order valence-electron chi connectivity index (χ1n) is 12.0. The largest absolute Gasteiger partial charge is 0.495 e. The van der Waals surface area contributed by atoms with Crippen molar-refractivity contribution in [2.75, 3.05) is 51.4 Å². The van der Waals surface area contributed by atoms with E-state index in [1.807, 2.05) is 24.3 Å². The molecule has 0 spiro atoms. The Bertz CT molecular complexity index is 1250. The smallest absolute Gasteiger partial charge is 0.251 e. The first kappa shape index (κ1) is 23.2. The van der Waals surface area contributed by atoms with Gasteiger partial charge in [-0.1, -0.05) is 0 Å². The van der Waals surface area contributed by atoms with Gasteiger partial charge in [0.15, 0.2) is 11.5 Å². The fourth-order valence-corrected chi connectivity index (χ4v) is 4.82. The Kier molecular flexibility index (Phi) is 6.85. The molecule has 1 fully saturated rings. The topological polar surface area (TPSA) is 86.1 Å². The molecule has 0 unspecified atom stereocenters. The van der Waals surface area contributed by atoms with E-state index in [0.717, 1.165) is 61.4 Å². The summed E-state index contributed by atoms with van der Waals surface area (Å²) in [6, 6.07) is 10.8. The molecule has 9 nitrogen and oxygen atoms in total. The van der Waals surface area contributed by atoms with Crippen molar-refractivity contribution in [3.8, 4) is 17.2 Å². The van der Waals surface area contributed by atoms with E-state index >= 15 is 0 Å². The van der Waals surface area contributed by atoms with E-state index in [2.05, 4.69) is 9.88 Å². The van der Waals surface area contributed by atoms with Gasteiger partial charge in [0.2, 0.25) is 6.41 Å². The first-order valence-corrected chi connectivity index (χ1v) is 12.0. The summed E-state index contributed by atoms with van der Waals surface area (Å²) in [5, 5.41) is 0. The van der Waals surface area contributed by atoms with E-state index in [0.29, 0.717) is 43.7 Å². The number of hydrogen-bond donors (Lipinski definition) is 0. The van der Waals surface area contributed by atoms with E-state index in [1.54, 1.807) is 34.9 Å². The van der Waals surface area contributed by atoms with Crippen molar-refractivity contribution < 1.29 is 19.0 Å². The highest BCUT2D eigenvalue weighted by atomic mass is 16.6. The fourth-order valence-electron chi connectivity index (χ4n) is 4.82. The van der Waals surface area contributed by atoms with Crippen LogP contribution in [-0.2, 0) is 11.3 Å². The summed E-state index contributed by atoms with van der Waals surface area (Å²) in [6.45, 7) is 4.97. The van der Waals surface area contributed by atoms with Gasteiger partial charge in [0.05, 0.1) is 24.3 Å². The SMILES string of the molecule is COc1cnc2ccc(=O)n(CCN3CCC(CN(C=O)c4ccc5c(c4)OCCO5)CC3)c2c1. The molecule has 2 aliphatic heterocycles. The average Bonchev–Trinajstić information content (AvgIpc) is 2.91. The average molecular weight is 479 g/mol. The van der Waals surface area contributed by atoms with Crippen molar-refractivity contribution in [1.29, 1.82) is 0 Å². The number of amides is 1. The lowest BCUT2D eigenvalue weighted by molar-refractivity contribution is -0.107. The van der Waals surface area contributed by atoms with Gasteiger partial charge >= 0.3 is 0 Å². The molecule has 5 rings (SSSR count). The third-order valence-corrected chi connectivity index (χ3v) is 6.84. The van der Waals surface area contributed by atoms with Gasteiger partial charge in [0.25, 0.3) is 5.56 Å². The first-order chi connectivity index (χ1) is 17.1. The Morgan fingerprint density at radius 1 is 1.09 bits per heavy atom. The summed E-state index contributed by atoms with van der Waals surface area (Å²) in [4.78, 5) is 32.9. The van der Waals surface area contributed by atoms with Crippen molar-refractivity contribution in [1.82, 2.24) is 14.5 Å². The van der Waals surface area contributed by atoms with Gasteiger partial charge in [0, 0.05) is 43.5 Å². The number of rotatable bonds is 8. The number of methoxy groups -OCH3 is 1. The number of piperidine rings is 1. The second-order valence-electron chi connectivity index (χ2n) is 8.97. The van der Waals surface area contributed by atoms with Crippen molar-refractivity contribution in [2.24, 2.45) is 5.92 Å². The highest BCUT2D eigenvalue weighted by molar-refractivity contribution is 5.77. The summed E-state index contributed by atoms with van der Waals surface area (Å²) in [6.07, 6.45) is 4.55. The number of ether oxygens (including phenoxy) is 3. The lowest BCUT2D eigenvalue weighted by Gasteiger charge is -2.34. The maximum Gasteiger partial charge on any atom is 0.251 e. The number of hydrogen-bond acceptors (Lipinski definition) is 7. The van der Waals surface area contributed by atoms with Crippen LogP contribution in [0.5, 0.6) is 17.2 Å². The minimum Gasteiger partial charge on any atom is -0.495 e. The lowest BCUT2D eigenvalue weighted by atomic mass is 9.96. The molecule has 9 heteroatoms. The van der Waals surface area contributed by atoms with Crippen LogP contribution in [0.1, 0.15) is 12.8 Å².